The summed E-state index contributed by atoms with van der Waals surface area (Å²) in [6.07, 6.45) is 0.172. The fraction of sp³-hybridized carbons (Fsp3) is 0.538. The zero-order chi connectivity index (χ0) is 14.1. The average molecular weight is 295 g/mol. The number of aromatic nitrogens is 2. The van der Waals surface area contributed by atoms with Gasteiger partial charge in [-0.3, -0.25) is 4.90 Å². The van der Waals surface area contributed by atoms with Crippen molar-refractivity contribution in [3.05, 3.63) is 28.1 Å². The van der Waals surface area contributed by atoms with Gasteiger partial charge in [0.1, 0.15) is 6.67 Å². The molecule has 0 aliphatic carbocycles. The molecule has 0 amide bonds. The van der Waals surface area contributed by atoms with Gasteiger partial charge in [0.2, 0.25) is 0 Å². The molecule has 3 heterocycles. The number of ether oxygens (including phenoxy) is 1. The van der Waals surface area contributed by atoms with Crippen LogP contribution in [0.2, 0.25) is 0 Å². The van der Waals surface area contributed by atoms with Crippen LogP contribution in [0.4, 0.5) is 0 Å². The van der Waals surface area contributed by atoms with E-state index in [0.29, 0.717) is 19.2 Å². The second-order valence-corrected chi connectivity index (χ2v) is 6.00. The molecular weight excluding hydrogens is 278 g/mol. The van der Waals surface area contributed by atoms with E-state index in [9.17, 15) is 4.79 Å². The maximum atomic E-state index is 11.9. The zero-order valence-electron chi connectivity index (χ0n) is 11.5. The molecular formula is C13H17N3O3S. The highest BCUT2D eigenvalue weighted by Crippen LogP contribution is 2.21. The van der Waals surface area contributed by atoms with E-state index >= 15 is 0 Å². The SMILES string of the molecule is CC1CN(Cn2nc(-c3cccs3)oc2=O)C(C)CO1. The van der Waals surface area contributed by atoms with Gasteiger partial charge in [0, 0.05) is 12.6 Å². The van der Waals surface area contributed by atoms with Gasteiger partial charge < -0.3 is 9.15 Å². The van der Waals surface area contributed by atoms with Crippen LogP contribution in [0.25, 0.3) is 10.8 Å². The van der Waals surface area contributed by atoms with E-state index in [2.05, 4.69) is 16.9 Å². The number of nitrogens with zero attached hydrogens (tertiary/aromatic N) is 3. The summed E-state index contributed by atoms with van der Waals surface area (Å²) in [5.74, 6) is -0.0290. The number of thiophene rings is 1. The third-order valence-corrected chi connectivity index (χ3v) is 4.25. The third kappa shape index (κ3) is 2.70. The van der Waals surface area contributed by atoms with Crippen LogP contribution in [0.5, 0.6) is 0 Å². The Bertz CT molecular complexity index is 619. The van der Waals surface area contributed by atoms with Crippen molar-refractivity contribution in [1.29, 1.82) is 0 Å². The van der Waals surface area contributed by atoms with Crippen molar-refractivity contribution in [1.82, 2.24) is 14.7 Å². The maximum Gasteiger partial charge on any atom is 0.438 e. The molecule has 2 atom stereocenters. The highest BCUT2D eigenvalue weighted by atomic mass is 32.1. The summed E-state index contributed by atoms with van der Waals surface area (Å²) in [6, 6.07) is 4.06. The molecule has 1 fully saturated rings. The Kier molecular flexibility index (Phi) is 3.73. The van der Waals surface area contributed by atoms with Crippen LogP contribution in [0, 0.1) is 0 Å². The van der Waals surface area contributed by atoms with Crippen LogP contribution in [0.15, 0.2) is 26.7 Å². The number of rotatable bonds is 3. The summed E-state index contributed by atoms with van der Waals surface area (Å²) < 4.78 is 12.2. The van der Waals surface area contributed by atoms with Crippen LogP contribution in [0.1, 0.15) is 13.8 Å². The number of morpholine rings is 1. The molecule has 0 radical (unpaired) electrons. The molecule has 2 aromatic rings. The van der Waals surface area contributed by atoms with Gasteiger partial charge in [0.05, 0.1) is 17.6 Å². The summed E-state index contributed by atoms with van der Waals surface area (Å²) in [4.78, 5) is 14.9. The molecule has 0 bridgehead atoms. The van der Waals surface area contributed by atoms with Gasteiger partial charge in [-0.25, -0.2) is 4.79 Å². The van der Waals surface area contributed by atoms with E-state index in [1.807, 2.05) is 24.4 Å². The second-order valence-electron chi connectivity index (χ2n) is 5.06. The number of hydrogen-bond acceptors (Lipinski definition) is 6. The van der Waals surface area contributed by atoms with E-state index in [0.717, 1.165) is 11.4 Å². The summed E-state index contributed by atoms with van der Waals surface area (Å²) in [5.41, 5.74) is 0. The molecule has 0 aromatic carbocycles. The van der Waals surface area contributed by atoms with Crippen molar-refractivity contribution in [2.45, 2.75) is 32.7 Å². The van der Waals surface area contributed by atoms with E-state index in [1.54, 1.807) is 0 Å². The molecule has 6 nitrogen and oxygen atoms in total. The van der Waals surface area contributed by atoms with Crippen LogP contribution >= 0.6 is 11.3 Å². The fourth-order valence-corrected chi connectivity index (χ4v) is 2.88. The zero-order valence-corrected chi connectivity index (χ0v) is 12.3. The Morgan fingerprint density at radius 2 is 2.35 bits per heavy atom. The first-order chi connectivity index (χ1) is 9.63. The van der Waals surface area contributed by atoms with Crippen molar-refractivity contribution in [3.8, 4) is 10.8 Å². The van der Waals surface area contributed by atoms with Crippen LogP contribution in [0.3, 0.4) is 0 Å². The lowest BCUT2D eigenvalue weighted by atomic mass is 10.2. The Morgan fingerprint density at radius 1 is 1.50 bits per heavy atom. The predicted molar refractivity (Wildman–Crippen MR) is 75.7 cm³/mol. The predicted octanol–water partition coefficient (Wildman–Crippen LogP) is 1.63. The fourth-order valence-electron chi connectivity index (χ4n) is 2.24. The van der Waals surface area contributed by atoms with Gasteiger partial charge in [-0.15, -0.1) is 16.4 Å². The Labute approximate surface area is 120 Å². The summed E-state index contributed by atoms with van der Waals surface area (Å²) in [5, 5.41) is 6.20. The minimum absolute atomic E-state index is 0.172. The third-order valence-electron chi connectivity index (χ3n) is 3.39. The first-order valence-electron chi connectivity index (χ1n) is 6.61. The van der Waals surface area contributed by atoms with Crippen LogP contribution in [-0.2, 0) is 11.4 Å². The Hall–Kier alpha value is -1.44. The second kappa shape index (κ2) is 5.51. The summed E-state index contributed by atoms with van der Waals surface area (Å²) in [6.45, 7) is 6.00. The molecule has 1 aliphatic rings. The van der Waals surface area contributed by atoms with Gasteiger partial charge in [-0.05, 0) is 25.3 Å². The molecule has 1 aliphatic heterocycles. The van der Waals surface area contributed by atoms with E-state index < -0.39 is 5.76 Å². The summed E-state index contributed by atoms with van der Waals surface area (Å²) >= 11 is 1.50. The van der Waals surface area contributed by atoms with Gasteiger partial charge >= 0.3 is 5.76 Å². The number of hydrogen-bond donors (Lipinski definition) is 0. The van der Waals surface area contributed by atoms with Crippen molar-refractivity contribution in [3.63, 3.8) is 0 Å². The van der Waals surface area contributed by atoms with Gasteiger partial charge in [0.25, 0.3) is 5.89 Å². The molecule has 2 aromatic heterocycles. The van der Waals surface area contributed by atoms with Crippen molar-refractivity contribution in [2.24, 2.45) is 0 Å². The van der Waals surface area contributed by atoms with Crippen molar-refractivity contribution in [2.75, 3.05) is 13.2 Å². The maximum absolute atomic E-state index is 11.9. The smallest absolute Gasteiger partial charge is 0.387 e. The molecule has 0 N–H and O–H groups in total. The van der Waals surface area contributed by atoms with E-state index in [4.69, 9.17) is 9.15 Å². The lowest BCUT2D eigenvalue weighted by molar-refractivity contribution is -0.0629. The van der Waals surface area contributed by atoms with Crippen molar-refractivity contribution >= 4 is 11.3 Å². The minimum Gasteiger partial charge on any atom is -0.387 e. The first kappa shape index (κ1) is 13.5. The average Bonchev–Trinajstić information content (AvgIpc) is 3.04. The molecule has 0 spiro atoms. The lowest BCUT2D eigenvalue weighted by Crippen LogP contribution is -2.48. The van der Waals surface area contributed by atoms with Crippen molar-refractivity contribution < 1.29 is 9.15 Å². The quantitative estimate of drug-likeness (QED) is 0.861. The molecule has 1 saturated heterocycles. The molecule has 3 rings (SSSR count). The highest BCUT2D eigenvalue weighted by Gasteiger charge is 2.25. The Balaban J connectivity index is 1.79. The van der Waals surface area contributed by atoms with Crippen LogP contribution < -0.4 is 5.76 Å². The first-order valence-corrected chi connectivity index (χ1v) is 7.49. The Morgan fingerprint density at radius 3 is 3.10 bits per heavy atom. The van der Waals surface area contributed by atoms with Gasteiger partial charge in [0.15, 0.2) is 0 Å². The molecule has 20 heavy (non-hydrogen) atoms. The van der Waals surface area contributed by atoms with E-state index in [1.165, 1.54) is 16.0 Å². The molecule has 2 unspecified atom stereocenters. The molecule has 0 saturated carbocycles. The topological polar surface area (TPSA) is 60.5 Å². The monoisotopic (exact) mass is 295 g/mol. The standard InChI is InChI=1S/C13H17N3O3S/c1-9-7-18-10(2)6-15(9)8-16-13(17)19-12(14-16)11-4-3-5-20-11/h3-5,9-10H,6-8H2,1-2H3. The van der Waals surface area contributed by atoms with Gasteiger partial charge in [-0.2, -0.15) is 4.68 Å². The summed E-state index contributed by atoms with van der Waals surface area (Å²) in [7, 11) is 0. The molecule has 108 valence electrons. The van der Waals surface area contributed by atoms with Crippen LogP contribution in [-0.4, -0.2) is 40.0 Å². The lowest BCUT2D eigenvalue weighted by Gasteiger charge is -2.36. The molecule has 7 heteroatoms. The normalized spacial score (nSPS) is 24.1. The largest absolute Gasteiger partial charge is 0.438 e. The van der Waals surface area contributed by atoms with Gasteiger partial charge in [-0.1, -0.05) is 6.07 Å². The van der Waals surface area contributed by atoms with E-state index in [-0.39, 0.29) is 12.1 Å². The highest BCUT2D eigenvalue weighted by molar-refractivity contribution is 7.13. The minimum atomic E-state index is -0.417.